The smallest absolute Gasteiger partial charge is 0.236 e. The zero-order valence-corrected chi connectivity index (χ0v) is 23.5. The van der Waals surface area contributed by atoms with E-state index in [1.165, 1.54) is 23.3 Å². The minimum Gasteiger partial charge on any atom is -0.480 e. The van der Waals surface area contributed by atoms with Gasteiger partial charge in [-0.3, -0.25) is 4.90 Å². The Morgan fingerprint density at radius 1 is 1.11 bits per heavy atom. The number of likely N-dealkylation sites (tertiary alicyclic amines) is 1. The Hall–Kier alpha value is -2.18. The maximum atomic E-state index is 6.22. The van der Waals surface area contributed by atoms with Crippen LogP contribution in [0, 0.1) is 12.3 Å². The lowest BCUT2D eigenvalue weighted by atomic mass is 9.77. The Balaban J connectivity index is 0.00000137. The van der Waals surface area contributed by atoms with Gasteiger partial charge in [0.15, 0.2) is 0 Å². The molecule has 0 aromatic carbocycles. The number of anilines is 2. The van der Waals surface area contributed by atoms with Gasteiger partial charge < -0.3 is 24.8 Å². The van der Waals surface area contributed by atoms with E-state index in [1.807, 2.05) is 6.07 Å². The molecule has 3 aromatic rings. The van der Waals surface area contributed by atoms with Crippen LogP contribution in [0.3, 0.4) is 0 Å². The lowest BCUT2D eigenvalue weighted by Crippen LogP contribution is -2.50. The quantitative estimate of drug-likeness (QED) is 0.467. The van der Waals surface area contributed by atoms with E-state index in [9.17, 15) is 0 Å². The third-order valence-corrected chi connectivity index (χ3v) is 8.72. The first-order chi connectivity index (χ1) is 18.0. The second-order valence-electron chi connectivity index (χ2n) is 9.88. The highest BCUT2D eigenvalue weighted by Crippen LogP contribution is 2.41. The van der Waals surface area contributed by atoms with Crippen LogP contribution in [0.15, 0.2) is 12.3 Å². The Morgan fingerprint density at radius 2 is 1.84 bits per heavy atom. The lowest BCUT2D eigenvalue weighted by Gasteiger charge is -2.47. The third kappa shape index (κ3) is 5.24. The maximum Gasteiger partial charge on any atom is 0.236 e. The van der Waals surface area contributed by atoms with E-state index in [4.69, 9.17) is 29.9 Å². The first-order valence-electron chi connectivity index (χ1n) is 12.7. The first kappa shape index (κ1) is 26.4. The van der Waals surface area contributed by atoms with Crippen LogP contribution in [0.5, 0.6) is 5.88 Å². The summed E-state index contributed by atoms with van der Waals surface area (Å²) in [6.07, 6.45) is 5.91. The Bertz CT molecular complexity index is 1230. The molecule has 2 N–H and O–H groups in total. The predicted molar refractivity (Wildman–Crippen MR) is 152 cm³/mol. The number of aryl methyl sites for hydroxylation is 1. The molecule has 0 radical (unpaired) electrons. The zero-order chi connectivity index (χ0) is 26.0. The Labute approximate surface area is 227 Å². The van der Waals surface area contributed by atoms with Crippen LogP contribution >= 0.6 is 24.0 Å². The summed E-state index contributed by atoms with van der Waals surface area (Å²) < 4.78 is 17.4. The number of ether oxygens (including phenoxy) is 3. The van der Waals surface area contributed by atoms with Crippen LogP contribution < -0.4 is 15.4 Å². The van der Waals surface area contributed by atoms with E-state index in [0.29, 0.717) is 30.2 Å². The summed E-state index contributed by atoms with van der Waals surface area (Å²) in [4.78, 5) is 20.7. The molecule has 0 aliphatic carbocycles. The van der Waals surface area contributed by atoms with Gasteiger partial charge >= 0.3 is 0 Å². The molecule has 3 aliphatic heterocycles. The first-order valence-corrected chi connectivity index (χ1v) is 14.4. The zero-order valence-electron chi connectivity index (χ0n) is 21.8. The van der Waals surface area contributed by atoms with Crippen molar-refractivity contribution in [2.75, 3.05) is 76.6 Å². The summed E-state index contributed by atoms with van der Waals surface area (Å²) in [5.41, 5.74) is 11.3. The summed E-state index contributed by atoms with van der Waals surface area (Å²) in [5, 5.41) is 0. The molecule has 3 aromatic heterocycles. The molecule has 3 fully saturated rings. The third-order valence-electron chi connectivity index (χ3n) is 7.57. The average molecular weight is 545 g/mol. The Kier molecular flexibility index (Phi) is 8.06. The van der Waals surface area contributed by atoms with Crippen LogP contribution in [-0.4, -0.2) is 85.8 Å². The van der Waals surface area contributed by atoms with Crippen LogP contribution in [0.2, 0.25) is 0 Å². The highest BCUT2D eigenvalue weighted by atomic mass is 32.1. The summed E-state index contributed by atoms with van der Waals surface area (Å²) in [6, 6.07) is 1.90. The summed E-state index contributed by atoms with van der Waals surface area (Å²) in [7, 11) is 1.58. The second-order valence-corrected chi connectivity index (χ2v) is 11.1. The van der Waals surface area contributed by atoms with Gasteiger partial charge in [-0.1, -0.05) is 0 Å². The van der Waals surface area contributed by atoms with Gasteiger partial charge in [-0.25, -0.2) is 15.0 Å². The molecule has 200 valence electrons. The van der Waals surface area contributed by atoms with Crippen LogP contribution in [0.25, 0.3) is 21.5 Å². The van der Waals surface area contributed by atoms with E-state index in [0.717, 1.165) is 73.4 Å². The van der Waals surface area contributed by atoms with Crippen molar-refractivity contribution in [2.24, 2.45) is 5.41 Å². The molecule has 37 heavy (non-hydrogen) atoms. The SMILES string of the molecule is COc1ncc(-c2nc(N3CCOCC3)nc3c(CN4CCC5(CC4)COC5)c(C)sc23)cc1N.CS. The van der Waals surface area contributed by atoms with Crippen molar-refractivity contribution in [2.45, 2.75) is 26.3 Å². The number of thiol groups is 1. The van der Waals surface area contributed by atoms with Crippen LogP contribution in [0.1, 0.15) is 23.3 Å². The Morgan fingerprint density at radius 3 is 2.46 bits per heavy atom. The molecule has 6 heterocycles. The number of piperidine rings is 1. The normalized spacial score (nSPS) is 19.4. The van der Waals surface area contributed by atoms with Gasteiger partial charge in [0.05, 0.1) is 55.1 Å². The molecular weight excluding hydrogens is 508 g/mol. The molecular formula is C26H36N6O3S2. The van der Waals surface area contributed by atoms with Crippen molar-refractivity contribution >= 4 is 45.8 Å². The fraction of sp³-hybridized carbons (Fsp3) is 0.577. The largest absolute Gasteiger partial charge is 0.480 e. The molecule has 3 aliphatic rings. The number of hydrogen-bond acceptors (Lipinski definition) is 11. The van der Waals surface area contributed by atoms with Crippen molar-refractivity contribution < 1.29 is 14.2 Å². The number of morpholine rings is 1. The van der Waals surface area contributed by atoms with E-state index in [-0.39, 0.29) is 0 Å². The number of methoxy groups -OCH3 is 1. The van der Waals surface area contributed by atoms with Gasteiger partial charge in [0.2, 0.25) is 11.8 Å². The van der Waals surface area contributed by atoms with Crippen molar-refractivity contribution in [3.8, 4) is 17.1 Å². The van der Waals surface area contributed by atoms with Crippen molar-refractivity contribution in [1.82, 2.24) is 19.9 Å². The monoisotopic (exact) mass is 544 g/mol. The number of nitrogens with zero attached hydrogens (tertiary/aromatic N) is 5. The van der Waals surface area contributed by atoms with Gasteiger partial charge in [0.1, 0.15) is 0 Å². The lowest BCUT2D eigenvalue weighted by molar-refractivity contribution is -0.140. The van der Waals surface area contributed by atoms with E-state index in [2.05, 4.69) is 34.3 Å². The molecule has 0 amide bonds. The predicted octanol–water partition coefficient (Wildman–Crippen LogP) is 3.65. The van der Waals surface area contributed by atoms with Crippen LogP contribution in [-0.2, 0) is 16.0 Å². The molecule has 0 saturated carbocycles. The van der Waals surface area contributed by atoms with Crippen molar-refractivity contribution in [1.29, 1.82) is 0 Å². The highest BCUT2D eigenvalue weighted by molar-refractivity contribution is 7.79. The number of nitrogen functional groups attached to an aromatic ring is 1. The molecule has 0 unspecified atom stereocenters. The topological polar surface area (TPSA) is 98.9 Å². The molecule has 3 saturated heterocycles. The maximum absolute atomic E-state index is 6.22. The number of nitrogens with two attached hydrogens (primary N) is 1. The number of rotatable bonds is 5. The number of fused-ring (bicyclic) bond motifs is 1. The van der Waals surface area contributed by atoms with Gasteiger partial charge in [0, 0.05) is 47.3 Å². The minimum absolute atomic E-state index is 0.426. The number of pyridine rings is 1. The van der Waals surface area contributed by atoms with E-state index >= 15 is 0 Å². The van der Waals surface area contributed by atoms with Crippen molar-refractivity contribution in [3.05, 3.63) is 22.7 Å². The van der Waals surface area contributed by atoms with Gasteiger partial charge in [-0.05, 0) is 45.2 Å². The molecule has 9 nitrogen and oxygen atoms in total. The molecule has 11 heteroatoms. The molecule has 1 spiro atoms. The minimum atomic E-state index is 0.426. The molecule has 6 rings (SSSR count). The number of thiophene rings is 1. The summed E-state index contributed by atoms with van der Waals surface area (Å²) >= 11 is 5.29. The molecule has 0 bridgehead atoms. The van der Waals surface area contributed by atoms with Crippen molar-refractivity contribution in [3.63, 3.8) is 0 Å². The van der Waals surface area contributed by atoms with Gasteiger partial charge in [-0.2, -0.15) is 12.6 Å². The van der Waals surface area contributed by atoms with Gasteiger partial charge in [-0.15, -0.1) is 11.3 Å². The fourth-order valence-corrected chi connectivity index (χ4v) is 6.38. The highest BCUT2D eigenvalue weighted by Gasteiger charge is 2.41. The number of hydrogen-bond donors (Lipinski definition) is 2. The van der Waals surface area contributed by atoms with Crippen LogP contribution in [0.4, 0.5) is 11.6 Å². The summed E-state index contributed by atoms with van der Waals surface area (Å²) in [6.45, 7) is 10.1. The standard InChI is InChI=1S/C25H32N6O3S.CH4S/c1-16-18(13-30-5-3-25(4-6-30)14-34-15-25)21-22(35-16)20(17-11-19(26)23(32-2)27-12-17)28-24(29-21)31-7-9-33-10-8-31;1-2/h11-12H,3-10,13-15,26H2,1-2H3;2H,1H3. The number of aromatic nitrogens is 3. The molecule has 0 atom stereocenters. The van der Waals surface area contributed by atoms with E-state index < -0.39 is 0 Å². The van der Waals surface area contributed by atoms with Gasteiger partial charge in [0.25, 0.3) is 0 Å². The fourth-order valence-electron chi connectivity index (χ4n) is 5.27. The second kappa shape index (κ2) is 11.3. The summed E-state index contributed by atoms with van der Waals surface area (Å²) in [5.74, 6) is 1.17. The average Bonchev–Trinajstić information content (AvgIpc) is 3.24. The van der Waals surface area contributed by atoms with E-state index in [1.54, 1.807) is 30.9 Å².